The highest BCUT2D eigenvalue weighted by molar-refractivity contribution is 6.30. The number of rotatable bonds is 7. The van der Waals surface area contributed by atoms with E-state index in [4.69, 9.17) is 25.8 Å². The minimum absolute atomic E-state index is 0.257. The fraction of sp³-hybridized carbons (Fsp3) is 0.292. The summed E-state index contributed by atoms with van der Waals surface area (Å²) in [5.41, 5.74) is 2.84. The lowest BCUT2D eigenvalue weighted by molar-refractivity contribution is -0.143. The van der Waals surface area contributed by atoms with Crippen LogP contribution >= 0.6 is 11.6 Å². The van der Waals surface area contributed by atoms with Crippen LogP contribution in [-0.4, -0.2) is 33.9 Å². The summed E-state index contributed by atoms with van der Waals surface area (Å²) < 4.78 is 18.8. The van der Waals surface area contributed by atoms with Crippen LogP contribution < -0.4 is 14.8 Å². The number of aromatic nitrogens is 3. The summed E-state index contributed by atoms with van der Waals surface area (Å²) in [7, 11) is 1.57. The van der Waals surface area contributed by atoms with Crippen molar-refractivity contribution >= 4 is 23.5 Å². The largest absolute Gasteiger partial charge is 0.493 e. The lowest BCUT2D eigenvalue weighted by Gasteiger charge is -2.29. The molecule has 0 fully saturated rings. The van der Waals surface area contributed by atoms with Gasteiger partial charge in [0.15, 0.2) is 11.5 Å². The Morgan fingerprint density at radius 1 is 1.21 bits per heavy atom. The van der Waals surface area contributed by atoms with Gasteiger partial charge in [-0.15, -0.1) is 0 Å². The molecule has 1 aromatic heterocycles. The van der Waals surface area contributed by atoms with E-state index in [1.807, 2.05) is 63.2 Å². The first-order valence-corrected chi connectivity index (χ1v) is 10.9. The molecule has 0 bridgehead atoms. The molecule has 0 saturated heterocycles. The Morgan fingerprint density at radius 3 is 2.76 bits per heavy atom. The number of methoxy groups -OCH3 is 1. The van der Waals surface area contributed by atoms with E-state index in [0.717, 1.165) is 11.1 Å². The van der Waals surface area contributed by atoms with Gasteiger partial charge in [0.2, 0.25) is 5.95 Å². The van der Waals surface area contributed by atoms with Gasteiger partial charge < -0.3 is 19.5 Å². The number of nitrogens with one attached hydrogen (secondary N) is 1. The molecular formula is C24H25ClN4O4. The molecule has 1 aliphatic heterocycles. The van der Waals surface area contributed by atoms with Crippen LogP contribution in [0.5, 0.6) is 11.5 Å². The molecule has 1 unspecified atom stereocenters. The molecule has 1 N–H and O–H groups in total. The van der Waals surface area contributed by atoms with Crippen LogP contribution in [0.15, 0.2) is 60.1 Å². The van der Waals surface area contributed by atoms with Gasteiger partial charge in [0.25, 0.3) is 0 Å². The molecule has 0 amide bonds. The highest BCUT2D eigenvalue weighted by Gasteiger charge is 2.35. The minimum atomic E-state index is -0.536. The second kappa shape index (κ2) is 9.54. The van der Waals surface area contributed by atoms with Crippen molar-refractivity contribution in [2.24, 2.45) is 0 Å². The third-order valence-electron chi connectivity index (χ3n) is 5.14. The first kappa shape index (κ1) is 22.7. The van der Waals surface area contributed by atoms with Crippen LogP contribution in [0.3, 0.4) is 0 Å². The fourth-order valence-electron chi connectivity index (χ4n) is 3.70. The van der Waals surface area contributed by atoms with Gasteiger partial charge in [0.1, 0.15) is 19.0 Å². The second-order valence-corrected chi connectivity index (χ2v) is 8.31. The van der Waals surface area contributed by atoms with E-state index in [9.17, 15) is 4.79 Å². The number of esters is 1. The third kappa shape index (κ3) is 4.80. The van der Waals surface area contributed by atoms with Crippen molar-refractivity contribution in [3.8, 4) is 11.5 Å². The van der Waals surface area contributed by atoms with Crippen LogP contribution in [0.25, 0.3) is 0 Å². The van der Waals surface area contributed by atoms with Gasteiger partial charge in [0, 0.05) is 10.7 Å². The molecule has 2 aromatic carbocycles. The zero-order valence-electron chi connectivity index (χ0n) is 18.8. The summed E-state index contributed by atoms with van der Waals surface area (Å²) in [6, 6.07) is 12.5. The molecule has 0 aliphatic carbocycles. The number of carbonyl (C=O) groups is 1. The fourth-order valence-corrected chi connectivity index (χ4v) is 3.92. The average Bonchev–Trinajstić information content (AvgIpc) is 3.24. The zero-order chi connectivity index (χ0) is 23.5. The van der Waals surface area contributed by atoms with Gasteiger partial charge in [-0.05, 0) is 56.2 Å². The first-order chi connectivity index (χ1) is 15.9. The van der Waals surface area contributed by atoms with E-state index in [2.05, 4.69) is 15.4 Å². The molecule has 0 spiro atoms. The summed E-state index contributed by atoms with van der Waals surface area (Å²) >= 11 is 6.07. The minimum Gasteiger partial charge on any atom is -0.493 e. The van der Waals surface area contributed by atoms with Gasteiger partial charge in [-0.2, -0.15) is 10.1 Å². The van der Waals surface area contributed by atoms with Gasteiger partial charge in [-0.1, -0.05) is 29.8 Å². The van der Waals surface area contributed by atoms with Crippen molar-refractivity contribution in [3.63, 3.8) is 0 Å². The average molecular weight is 469 g/mol. The monoisotopic (exact) mass is 468 g/mol. The highest BCUT2D eigenvalue weighted by atomic mass is 35.5. The molecule has 0 radical (unpaired) electrons. The topological polar surface area (TPSA) is 87.5 Å². The van der Waals surface area contributed by atoms with E-state index < -0.39 is 12.0 Å². The Balaban J connectivity index is 1.68. The van der Waals surface area contributed by atoms with Crippen molar-refractivity contribution in [2.45, 2.75) is 39.5 Å². The Labute approximate surface area is 197 Å². The molecule has 4 rings (SSSR count). The van der Waals surface area contributed by atoms with Crippen molar-refractivity contribution in [1.29, 1.82) is 0 Å². The summed E-state index contributed by atoms with van der Waals surface area (Å²) in [5.74, 6) is 1.23. The summed E-state index contributed by atoms with van der Waals surface area (Å²) in [5, 5.41) is 8.12. The Morgan fingerprint density at radius 2 is 2.03 bits per heavy atom. The number of fused-ring (bicyclic) bond motifs is 1. The van der Waals surface area contributed by atoms with E-state index in [0.29, 0.717) is 40.3 Å². The number of hydrogen-bond acceptors (Lipinski definition) is 7. The Bertz CT molecular complexity index is 1200. The van der Waals surface area contributed by atoms with Crippen LogP contribution in [0.2, 0.25) is 5.02 Å². The number of allylic oxidation sites excluding steroid dienone is 1. The molecule has 3 aromatic rings. The van der Waals surface area contributed by atoms with Crippen LogP contribution in [-0.2, 0) is 16.1 Å². The number of carbonyl (C=O) groups excluding carboxylic acids is 1. The van der Waals surface area contributed by atoms with E-state index in [1.54, 1.807) is 11.8 Å². The molecule has 8 nitrogen and oxygen atoms in total. The SMILES string of the molecule is COc1cc(C2C(C(=O)OC(C)C)=C(C)Nc3ncnn32)ccc1OCc1cccc(Cl)c1. The predicted octanol–water partition coefficient (Wildman–Crippen LogP) is 4.76. The number of nitrogens with zero attached hydrogens (tertiary/aromatic N) is 3. The van der Waals surface area contributed by atoms with Crippen LogP contribution in [0.4, 0.5) is 5.95 Å². The quantitative estimate of drug-likeness (QED) is 0.500. The molecule has 1 aliphatic rings. The standard InChI is InChI=1S/C24H25ClN4O4/c1-14(2)33-23(30)21-15(3)28-24-26-13-27-29(24)22(21)17-8-9-19(20(11-17)31-4)32-12-16-6-5-7-18(25)10-16/h5-11,13-14,22H,12H2,1-4H3,(H,26,27,28). The van der Waals surface area contributed by atoms with E-state index in [1.165, 1.54) is 6.33 Å². The number of hydrogen-bond donors (Lipinski definition) is 1. The summed E-state index contributed by atoms with van der Waals surface area (Å²) in [6.45, 7) is 5.79. The predicted molar refractivity (Wildman–Crippen MR) is 124 cm³/mol. The second-order valence-electron chi connectivity index (χ2n) is 7.88. The normalized spacial score (nSPS) is 15.2. The molecule has 2 heterocycles. The van der Waals surface area contributed by atoms with Crippen LogP contribution in [0, 0.1) is 0 Å². The maximum Gasteiger partial charge on any atom is 0.338 e. The molecule has 9 heteroatoms. The number of anilines is 1. The maximum absolute atomic E-state index is 13.0. The molecule has 33 heavy (non-hydrogen) atoms. The Hall–Kier alpha value is -3.52. The molecular weight excluding hydrogens is 444 g/mol. The van der Waals surface area contributed by atoms with E-state index in [-0.39, 0.29) is 6.10 Å². The van der Waals surface area contributed by atoms with Crippen molar-refractivity contribution in [3.05, 3.63) is 76.2 Å². The molecule has 1 atom stereocenters. The van der Waals surface area contributed by atoms with Gasteiger partial charge in [-0.3, -0.25) is 0 Å². The highest BCUT2D eigenvalue weighted by Crippen LogP contribution is 2.39. The smallest absolute Gasteiger partial charge is 0.338 e. The third-order valence-corrected chi connectivity index (χ3v) is 5.38. The van der Waals surface area contributed by atoms with E-state index >= 15 is 0 Å². The zero-order valence-corrected chi connectivity index (χ0v) is 19.6. The first-order valence-electron chi connectivity index (χ1n) is 10.5. The number of benzene rings is 2. The van der Waals surface area contributed by atoms with Crippen molar-refractivity contribution in [2.75, 3.05) is 12.4 Å². The van der Waals surface area contributed by atoms with Crippen molar-refractivity contribution in [1.82, 2.24) is 14.8 Å². The van der Waals surface area contributed by atoms with Crippen LogP contribution in [0.1, 0.15) is 37.9 Å². The lowest BCUT2D eigenvalue weighted by atomic mass is 9.95. The maximum atomic E-state index is 13.0. The molecule has 0 saturated carbocycles. The summed E-state index contributed by atoms with van der Waals surface area (Å²) in [4.78, 5) is 17.2. The number of halogens is 1. The van der Waals surface area contributed by atoms with Crippen molar-refractivity contribution < 1.29 is 19.0 Å². The number of ether oxygens (including phenoxy) is 3. The van der Waals surface area contributed by atoms with Gasteiger partial charge >= 0.3 is 5.97 Å². The summed E-state index contributed by atoms with van der Waals surface area (Å²) in [6.07, 6.45) is 1.19. The Kier molecular flexibility index (Phi) is 6.55. The van der Waals surface area contributed by atoms with Gasteiger partial charge in [0.05, 0.1) is 18.8 Å². The molecule has 172 valence electrons. The van der Waals surface area contributed by atoms with Gasteiger partial charge in [-0.25, -0.2) is 9.48 Å². The lowest BCUT2D eigenvalue weighted by Crippen LogP contribution is -2.30.